The third kappa shape index (κ3) is 3.10. The van der Waals surface area contributed by atoms with Gasteiger partial charge in [0.1, 0.15) is 11.3 Å². The Morgan fingerprint density at radius 1 is 1.50 bits per heavy atom. The molecule has 4 heteroatoms. The fraction of sp³-hybridized carbons (Fsp3) is 0.250. The molecular formula is C12H14O4. The second-order valence-electron chi connectivity index (χ2n) is 3.18. The maximum atomic E-state index is 10.8. The van der Waals surface area contributed by atoms with Crippen molar-refractivity contribution in [1.29, 1.82) is 0 Å². The van der Waals surface area contributed by atoms with Gasteiger partial charge in [0, 0.05) is 6.61 Å². The molecule has 0 spiro atoms. The van der Waals surface area contributed by atoms with E-state index in [-0.39, 0.29) is 12.2 Å². The minimum Gasteiger partial charge on any atom is -0.496 e. The van der Waals surface area contributed by atoms with Crippen LogP contribution >= 0.6 is 0 Å². The highest BCUT2D eigenvalue weighted by Crippen LogP contribution is 2.21. The predicted molar refractivity (Wildman–Crippen MR) is 60.7 cm³/mol. The Morgan fingerprint density at radius 3 is 2.81 bits per heavy atom. The summed E-state index contributed by atoms with van der Waals surface area (Å²) < 4.78 is 4.99. The van der Waals surface area contributed by atoms with Gasteiger partial charge in [-0.25, -0.2) is 4.79 Å². The fourth-order valence-corrected chi connectivity index (χ4v) is 1.28. The molecule has 0 radical (unpaired) electrons. The van der Waals surface area contributed by atoms with Crippen molar-refractivity contribution in [2.45, 2.75) is 6.42 Å². The van der Waals surface area contributed by atoms with E-state index in [1.807, 2.05) is 12.2 Å². The molecule has 1 rings (SSSR count). The number of carbonyl (C=O) groups is 1. The highest BCUT2D eigenvalue weighted by Gasteiger charge is 2.09. The second kappa shape index (κ2) is 5.92. The van der Waals surface area contributed by atoms with E-state index in [1.54, 1.807) is 12.1 Å². The number of hydrogen-bond donors (Lipinski definition) is 2. The van der Waals surface area contributed by atoms with Gasteiger partial charge in [0.25, 0.3) is 0 Å². The van der Waals surface area contributed by atoms with Crippen molar-refractivity contribution >= 4 is 12.0 Å². The van der Waals surface area contributed by atoms with Crippen LogP contribution in [-0.4, -0.2) is 29.9 Å². The first kappa shape index (κ1) is 12.3. The molecule has 0 aliphatic carbocycles. The Balaban J connectivity index is 2.95. The van der Waals surface area contributed by atoms with Gasteiger partial charge >= 0.3 is 5.97 Å². The number of rotatable bonds is 5. The first-order chi connectivity index (χ1) is 7.69. The molecule has 4 nitrogen and oxygen atoms in total. The molecule has 1 aromatic rings. The lowest BCUT2D eigenvalue weighted by Crippen LogP contribution is -2.00. The van der Waals surface area contributed by atoms with E-state index in [0.29, 0.717) is 12.2 Å². The molecule has 0 aromatic heterocycles. The Morgan fingerprint density at radius 2 is 2.25 bits per heavy atom. The Hall–Kier alpha value is -1.81. The van der Waals surface area contributed by atoms with Crippen LogP contribution in [0, 0.1) is 0 Å². The summed E-state index contributed by atoms with van der Waals surface area (Å²) in [6.45, 7) is 0.0981. The summed E-state index contributed by atoms with van der Waals surface area (Å²) in [7, 11) is 1.43. The van der Waals surface area contributed by atoms with Crippen LogP contribution in [0.5, 0.6) is 5.75 Å². The van der Waals surface area contributed by atoms with Crippen LogP contribution in [0.1, 0.15) is 22.3 Å². The number of carboxylic acid groups (broad SMARTS) is 1. The van der Waals surface area contributed by atoms with Crippen molar-refractivity contribution in [1.82, 2.24) is 0 Å². The van der Waals surface area contributed by atoms with Crippen LogP contribution in [-0.2, 0) is 0 Å². The largest absolute Gasteiger partial charge is 0.496 e. The quantitative estimate of drug-likeness (QED) is 0.797. The molecule has 0 saturated carbocycles. The number of carboxylic acids is 1. The lowest BCUT2D eigenvalue weighted by atomic mass is 10.1. The number of hydrogen-bond acceptors (Lipinski definition) is 3. The number of aromatic carboxylic acids is 1. The van der Waals surface area contributed by atoms with E-state index in [0.717, 1.165) is 5.56 Å². The molecule has 86 valence electrons. The van der Waals surface area contributed by atoms with Crippen molar-refractivity contribution in [3.05, 3.63) is 35.4 Å². The van der Waals surface area contributed by atoms with Gasteiger partial charge in [0.15, 0.2) is 0 Å². The Labute approximate surface area is 93.8 Å². The van der Waals surface area contributed by atoms with Gasteiger partial charge in [0.2, 0.25) is 0 Å². The highest BCUT2D eigenvalue weighted by molar-refractivity contribution is 5.91. The summed E-state index contributed by atoms with van der Waals surface area (Å²) in [4.78, 5) is 10.8. The highest BCUT2D eigenvalue weighted by atomic mass is 16.5. The average Bonchev–Trinajstić information content (AvgIpc) is 2.29. The summed E-state index contributed by atoms with van der Waals surface area (Å²) >= 11 is 0. The van der Waals surface area contributed by atoms with Crippen LogP contribution in [0.3, 0.4) is 0 Å². The van der Waals surface area contributed by atoms with E-state index in [9.17, 15) is 4.79 Å². The van der Waals surface area contributed by atoms with Gasteiger partial charge in [-0.3, -0.25) is 0 Å². The zero-order valence-corrected chi connectivity index (χ0v) is 9.01. The SMILES string of the molecule is COc1cc(C=CCCO)ccc1C(=O)O. The molecule has 0 saturated heterocycles. The maximum absolute atomic E-state index is 10.8. The first-order valence-corrected chi connectivity index (χ1v) is 4.87. The van der Waals surface area contributed by atoms with Crippen LogP contribution in [0.15, 0.2) is 24.3 Å². The van der Waals surface area contributed by atoms with Crippen molar-refractivity contribution in [2.75, 3.05) is 13.7 Å². The second-order valence-corrected chi connectivity index (χ2v) is 3.18. The topological polar surface area (TPSA) is 66.8 Å². The van der Waals surface area contributed by atoms with E-state index in [1.165, 1.54) is 13.2 Å². The van der Waals surface area contributed by atoms with E-state index >= 15 is 0 Å². The summed E-state index contributed by atoms with van der Waals surface area (Å²) in [6, 6.07) is 4.84. The zero-order valence-electron chi connectivity index (χ0n) is 9.01. The number of ether oxygens (including phenoxy) is 1. The number of aliphatic hydroxyl groups excluding tert-OH is 1. The number of methoxy groups -OCH3 is 1. The van der Waals surface area contributed by atoms with Crippen molar-refractivity contribution < 1.29 is 19.7 Å². The van der Waals surface area contributed by atoms with E-state index < -0.39 is 5.97 Å². The molecule has 0 heterocycles. The molecule has 0 fully saturated rings. The van der Waals surface area contributed by atoms with E-state index in [4.69, 9.17) is 14.9 Å². The van der Waals surface area contributed by atoms with Gasteiger partial charge < -0.3 is 14.9 Å². The number of aliphatic hydroxyl groups is 1. The molecule has 0 aliphatic rings. The predicted octanol–water partition coefficient (Wildman–Crippen LogP) is 1.79. The average molecular weight is 222 g/mol. The van der Waals surface area contributed by atoms with Crippen LogP contribution in [0.4, 0.5) is 0 Å². The maximum Gasteiger partial charge on any atom is 0.339 e. The van der Waals surface area contributed by atoms with Gasteiger partial charge in [-0.2, -0.15) is 0 Å². The summed E-state index contributed by atoms with van der Waals surface area (Å²) in [5.74, 6) is -0.679. The monoisotopic (exact) mass is 222 g/mol. The fourth-order valence-electron chi connectivity index (χ4n) is 1.28. The minimum absolute atomic E-state index is 0.0981. The molecule has 0 amide bonds. The van der Waals surface area contributed by atoms with Crippen LogP contribution in [0.25, 0.3) is 6.08 Å². The molecule has 16 heavy (non-hydrogen) atoms. The summed E-state index contributed by atoms with van der Waals surface area (Å²) in [6.07, 6.45) is 4.20. The Kier molecular flexibility index (Phi) is 4.54. The van der Waals surface area contributed by atoms with Gasteiger partial charge in [-0.05, 0) is 24.1 Å². The van der Waals surface area contributed by atoms with Gasteiger partial charge in [-0.15, -0.1) is 0 Å². The van der Waals surface area contributed by atoms with Crippen LogP contribution in [0.2, 0.25) is 0 Å². The molecular weight excluding hydrogens is 208 g/mol. The van der Waals surface area contributed by atoms with Crippen molar-refractivity contribution in [3.63, 3.8) is 0 Å². The lowest BCUT2D eigenvalue weighted by Gasteiger charge is -2.05. The van der Waals surface area contributed by atoms with Crippen molar-refractivity contribution in [2.24, 2.45) is 0 Å². The standard InChI is InChI=1S/C12H14O4/c1-16-11-8-9(4-2-3-7-13)5-6-10(11)12(14)15/h2,4-6,8,13H,3,7H2,1H3,(H,14,15). The third-order valence-corrected chi connectivity index (χ3v) is 2.06. The molecule has 0 atom stereocenters. The summed E-state index contributed by atoms with van der Waals surface area (Å²) in [5.41, 5.74) is 0.983. The van der Waals surface area contributed by atoms with Gasteiger partial charge in [-0.1, -0.05) is 18.2 Å². The smallest absolute Gasteiger partial charge is 0.339 e. The molecule has 0 unspecified atom stereocenters. The third-order valence-electron chi connectivity index (χ3n) is 2.06. The van der Waals surface area contributed by atoms with E-state index in [2.05, 4.69) is 0 Å². The molecule has 0 bridgehead atoms. The first-order valence-electron chi connectivity index (χ1n) is 4.87. The summed E-state index contributed by atoms with van der Waals surface area (Å²) in [5, 5.41) is 17.5. The number of benzene rings is 1. The van der Waals surface area contributed by atoms with Gasteiger partial charge in [0.05, 0.1) is 7.11 Å². The van der Waals surface area contributed by atoms with Crippen molar-refractivity contribution in [3.8, 4) is 5.75 Å². The normalized spacial score (nSPS) is 10.6. The lowest BCUT2D eigenvalue weighted by molar-refractivity contribution is 0.0693. The molecule has 1 aromatic carbocycles. The molecule has 2 N–H and O–H groups in total. The zero-order chi connectivity index (χ0) is 12.0. The molecule has 0 aliphatic heterocycles. The van der Waals surface area contributed by atoms with Crippen LogP contribution < -0.4 is 4.74 Å². The Bertz CT molecular complexity index is 396. The minimum atomic E-state index is -1.01.